The Kier molecular flexibility index (Phi) is 3.23. The van der Waals surface area contributed by atoms with Crippen LogP contribution in [0, 0.1) is 0 Å². The van der Waals surface area contributed by atoms with E-state index < -0.39 is 0 Å². The van der Waals surface area contributed by atoms with E-state index in [0.717, 1.165) is 29.3 Å². The van der Waals surface area contributed by atoms with Gasteiger partial charge in [0.15, 0.2) is 4.96 Å². The predicted octanol–water partition coefficient (Wildman–Crippen LogP) is 2.38. The summed E-state index contributed by atoms with van der Waals surface area (Å²) >= 11 is 1.56. The summed E-state index contributed by atoms with van der Waals surface area (Å²) in [6, 6.07) is -0.292. The topological polar surface area (TPSA) is 84.2 Å². The van der Waals surface area contributed by atoms with E-state index in [1.54, 1.807) is 23.7 Å². The van der Waals surface area contributed by atoms with E-state index in [2.05, 4.69) is 25.6 Å². The lowest BCUT2D eigenvalue weighted by Gasteiger charge is -2.06. The van der Waals surface area contributed by atoms with Crippen LogP contribution in [0.1, 0.15) is 30.3 Å². The Morgan fingerprint density at radius 1 is 1.36 bits per heavy atom. The molecule has 3 aromatic heterocycles. The van der Waals surface area contributed by atoms with Gasteiger partial charge in [0.05, 0.1) is 30.3 Å². The van der Waals surface area contributed by atoms with Crippen LogP contribution in [0.3, 0.4) is 0 Å². The van der Waals surface area contributed by atoms with Crippen LogP contribution in [0.15, 0.2) is 30.2 Å². The average molecular weight is 314 g/mol. The standard InChI is InChI=1S/C14H14N6OS/c21-13(17-7-11-8-20-3-4-22-14(20)19-11)18-10-5-15-12(16-6-10)9-1-2-9/h3-6,8-9H,1-2,7H2,(H2,17,18,21). The molecule has 7 nitrogen and oxygen atoms in total. The number of anilines is 1. The first kappa shape index (κ1) is 13.2. The molecule has 22 heavy (non-hydrogen) atoms. The third-order valence-corrected chi connectivity index (χ3v) is 4.22. The zero-order valence-corrected chi connectivity index (χ0v) is 12.5. The van der Waals surface area contributed by atoms with Crippen LogP contribution in [0.25, 0.3) is 4.96 Å². The lowest BCUT2D eigenvalue weighted by atomic mass is 10.4. The monoisotopic (exact) mass is 314 g/mol. The Hall–Kier alpha value is -2.48. The fourth-order valence-electron chi connectivity index (χ4n) is 2.16. The highest BCUT2D eigenvalue weighted by Crippen LogP contribution is 2.37. The highest BCUT2D eigenvalue weighted by molar-refractivity contribution is 7.15. The van der Waals surface area contributed by atoms with Crippen molar-refractivity contribution in [3.8, 4) is 0 Å². The lowest BCUT2D eigenvalue weighted by Crippen LogP contribution is -2.28. The molecule has 1 aliphatic rings. The summed E-state index contributed by atoms with van der Waals surface area (Å²) in [4.78, 5) is 25.7. The van der Waals surface area contributed by atoms with Crippen LogP contribution in [0.2, 0.25) is 0 Å². The number of fused-ring (bicyclic) bond motifs is 1. The molecule has 3 aromatic rings. The highest BCUT2D eigenvalue weighted by atomic mass is 32.1. The molecule has 0 bridgehead atoms. The number of carbonyl (C=O) groups is 1. The zero-order valence-electron chi connectivity index (χ0n) is 11.7. The maximum atomic E-state index is 11.9. The first-order valence-electron chi connectivity index (χ1n) is 7.06. The highest BCUT2D eigenvalue weighted by Gasteiger charge is 2.26. The SMILES string of the molecule is O=C(NCc1cn2ccsc2n1)Nc1cnc(C2CC2)nc1. The zero-order chi connectivity index (χ0) is 14.9. The van der Waals surface area contributed by atoms with Gasteiger partial charge in [-0.25, -0.2) is 19.7 Å². The number of nitrogens with one attached hydrogen (secondary N) is 2. The van der Waals surface area contributed by atoms with Crippen molar-refractivity contribution in [2.75, 3.05) is 5.32 Å². The Labute approximate surface area is 130 Å². The van der Waals surface area contributed by atoms with Crippen LogP contribution in [0.4, 0.5) is 10.5 Å². The third kappa shape index (κ3) is 2.77. The maximum Gasteiger partial charge on any atom is 0.319 e. The van der Waals surface area contributed by atoms with Gasteiger partial charge in [-0.2, -0.15) is 0 Å². The molecule has 0 aromatic carbocycles. The van der Waals surface area contributed by atoms with E-state index >= 15 is 0 Å². The summed E-state index contributed by atoms with van der Waals surface area (Å²) in [6.45, 7) is 0.376. The first-order chi connectivity index (χ1) is 10.8. The van der Waals surface area contributed by atoms with Gasteiger partial charge in [0.25, 0.3) is 0 Å². The molecule has 0 saturated heterocycles. The second kappa shape index (κ2) is 5.38. The van der Waals surface area contributed by atoms with Crippen molar-refractivity contribution in [2.24, 2.45) is 0 Å². The molecule has 0 aliphatic heterocycles. The van der Waals surface area contributed by atoms with Crippen molar-refractivity contribution >= 4 is 28.0 Å². The molecule has 3 heterocycles. The Morgan fingerprint density at radius 2 is 2.18 bits per heavy atom. The van der Waals surface area contributed by atoms with Gasteiger partial charge in [0.1, 0.15) is 5.82 Å². The minimum Gasteiger partial charge on any atom is -0.332 e. The van der Waals surface area contributed by atoms with E-state index in [1.165, 1.54) is 0 Å². The van der Waals surface area contributed by atoms with Crippen molar-refractivity contribution in [3.63, 3.8) is 0 Å². The van der Waals surface area contributed by atoms with Crippen LogP contribution >= 0.6 is 11.3 Å². The molecule has 1 aliphatic carbocycles. The molecule has 8 heteroatoms. The number of hydrogen-bond donors (Lipinski definition) is 2. The fourth-order valence-corrected chi connectivity index (χ4v) is 2.88. The number of rotatable bonds is 4. The number of imidazole rings is 1. The Bertz CT molecular complexity index is 776. The minimum atomic E-state index is -0.292. The number of thiazole rings is 1. The molecule has 2 amide bonds. The summed E-state index contributed by atoms with van der Waals surface area (Å²) in [6.07, 6.45) is 9.46. The molecule has 4 rings (SSSR count). The lowest BCUT2D eigenvalue weighted by molar-refractivity contribution is 0.251. The number of urea groups is 1. The van der Waals surface area contributed by atoms with Gasteiger partial charge >= 0.3 is 6.03 Å². The van der Waals surface area contributed by atoms with Crippen molar-refractivity contribution < 1.29 is 4.79 Å². The van der Waals surface area contributed by atoms with E-state index in [9.17, 15) is 4.79 Å². The molecular formula is C14H14N6OS. The molecule has 112 valence electrons. The quantitative estimate of drug-likeness (QED) is 0.774. The van der Waals surface area contributed by atoms with Gasteiger partial charge in [-0.15, -0.1) is 11.3 Å². The van der Waals surface area contributed by atoms with E-state index in [0.29, 0.717) is 18.2 Å². The summed E-state index contributed by atoms with van der Waals surface area (Å²) in [5, 5.41) is 7.46. The van der Waals surface area contributed by atoms with Crippen LogP contribution in [-0.2, 0) is 6.54 Å². The van der Waals surface area contributed by atoms with Gasteiger partial charge in [-0.3, -0.25) is 4.40 Å². The molecule has 2 N–H and O–H groups in total. The minimum absolute atomic E-state index is 0.292. The van der Waals surface area contributed by atoms with Gasteiger partial charge in [-0.05, 0) is 12.8 Å². The Balaban J connectivity index is 1.32. The Morgan fingerprint density at radius 3 is 2.91 bits per heavy atom. The van der Waals surface area contributed by atoms with Gasteiger partial charge < -0.3 is 10.6 Å². The van der Waals surface area contributed by atoms with Crippen molar-refractivity contribution in [1.82, 2.24) is 24.7 Å². The third-order valence-electron chi connectivity index (χ3n) is 3.45. The summed E-state index contributed by atoms with van der Waals surface area (Å²) in [5.74, 6) is 1.38. The molecule has 1 fully saturated rings. The molecule has 0 atom stereocenters. The number of nitrogens with zero attached hydrogens (tertiary/aromatic N) is 4. The van der Waals surface area contributed by atoms with Gasteiger partial charge in [0.2, 0.25) is 0 Å². The largest absolute Gasteiger partial charge is 0.332 e. The van der Waals surface area contributed by atoms with Crippen LogP contribution in [0.5, 0.6) is 0 Å². The van der Waals surface area contributed by atoms with E-state index in [4.69, 9.17) is 0 Å². The first-order valence-corrected chi connectivity index (χ1v) is 7.94. The van der Waals surface area contributed by atoms with E-state index in [1.807, 2.05) is 22.2 Å². The van der Waals surface area contributed by atoms with E-state index in [-0.39, 0.29) is 6.03 Å². The van der Waals surface area contributed by atoms with Crippen LogP contribution in [-0.4, -0.2) is 25.4 Å². The molecule has 1 saturated carbocycles. The van der Waals surface area contributed by atoms with Crippen molar-refractivity contribution in [3.05, 3.63) is 41.7 Å². The number of aromatic nitrogens is 4. The smallest absolute Gasteiger partial charge is 0.319 e. The number of amides is 2. The van der Waals surface area contributed by atoms with Gasteiger partial charge in [-0.1, -0.05) is 0 Å². The molecule has 0 unspecified atom stereocenters. The normalized spacial score (nSPS) is 14.2. The second-order valence-corrected chi connectivity index (χ2v) is 6.11. The summed E-state index contributed by atoms with van der Waals surface area (Å²) in [5.41, 5.74) is 1.41. The van der Waals surface area contributed by atoms with Crippen LogP contribution < -0.4 is 10.6 Å². The summed E-state index contributed by atoms with van der Waals surface area (Å²) in [7, 11) is 0. The van der Waals surface area contributed by atoms with Crippen molar-refractivity contribution in [2.45, 2.75) is 25.3 Å². The number of hydrogen-bond acceptors (Lipinski definition) is 5. The maximum absolute atomic E-state index is 11.9. The second-order valence-electron chi connectivity index (χ2n) is 5.24. The summed E-state index contributed by atoms with van der Waals surface area (Å²) < 4.78 is 1.93. The average Bonchev–Trinajstić information content (AvgIpc) is 3.15. The molecule has 0 spiro atoms. The molecular weight excluding hydrogens is 300 g/mol. The van der Waals surface area contributed by atoms with Crippen molar-refractivity contribution in [1.29, 1.82) is 0 Å². The number of carbonyl (C=O) groups excluding carboxylic acids is 1. The molecule has 0 radical (unpaired) electrons. The predicted molar refractivity (Wildman–Crippen MR) is 82.9 cm³/mol. The van der Waals surface area contributed by atoms with Gasteiger partial charge in [0, 0.05) is 23.7 Å². The fraction of sp³-hybridized carbons (Fsp3) is 0.286.